The third-order valence-corrected chi connectivity index (χ3v) is 5.47. The first-order valence-electron chi connectivity index (χ1n) is 8.28. The lowest BCUT2D eigenvalue weighted by Crippen LogP contribution is -2.17. The summed E-state index contributed by atoms with van der Waals surface area (Å²) in [5, 5.41) is 2.65. The van der Waals surface area contributed by atoms with Gasteiger partial charge in [-0.15, -0.1) is 0 Å². The van der Waals surface area contributed by atoms with Crippen LogP contribution in [0.2, 0.25) is 0 Å². The van der Waals surface area contributed by atoms with Gasteiger partial charge in [0.05, 0.1) is 4.90 Å². The summed E-state index contributed by atoms with van der Waals surface area (Å²) >= 11 is 0. The second kappa shape index (κ2) is 7.59. The van der Waals surface area contributed by atoms with E-state index in [-0.39, 0.29) is 10.5 Å². The maximum atomic E-state index is 12.8. The van der Waals surface area contributed by atoms with Crippen molar-refractivity contribution in [2.75, 3.05) is 10.0 Å². The molecule has 0 spiro atoms. The molecule has 0 atom stereocenters. The van der Waals surface area contributed by atoms with Crippen LogP contribution in [-0.4, -0.2) is 19.3 Å². The Bertz CT molecular complexity index is 1060. The molecular weight excluding hydrogens is 362 g/mol. The first kappa shape index (κ1) is 18.6. The van der Waals surface area contributed by atoms with Gasteiger partial charge < -0.3 is 5.32 Å². The highest BCUT2D eigenvalue weighted by atomic mass is 32.2. The molecule has 138 valence electrons. The zero-order valence-corrected chi connectivity index (χ0v) is 15.7. The molecule has 2 N–H and O–H groups in total. The summed E-state index contributed by atoms with van der Waals surface area (Å²) in [5.41, 5.74) is 2.27. The van der Waals surface area contributed by atoms with Crippen molar-refractivity contribution in [3.8, 4) is 0 Å². The fourth-order valence-electron chi connectivity index (χ4n) is 2.49. The van der Waals surface area contributed by atoms with Gasteiger partial charge in [-0.3, -0.25) is 9.52 Å². The molecule has 0 unspecified atom stereocenters. The van der Waals surface area contributed by atoms with Crippen LogP contribution in [0.15, 0.2) is 71.8 Å². The SMILES string of the molecule is Cc1ccc(NS(=O)(=O)c2cc(C(=O)Nc3ccccn3)ccc2C)cc1. The number of anilines is 2. The van der Waals surface area contributed by atoms with Crippen LogP contribution in [0, 0.1) is 13.8 Å². The Hall–Kier alpha value is -3.19. The molecule has 1 heterocycles. The number of sulfonamides is 1. The van der Waals surface area contributed by atoms with Crippen molar-refractivity contribution in [3.05, 3.63) is 83.6 Å². The Morgan fingerprint density at radius 2 is 1.70 bits per heavy atom. The molecule has 1 amide bonds. The van der Waals surface area contributed by atoms with Gasteiger partial charge in [0.2, 0.25) is 0 Å². The molecule has 6 nitrogen and oxygen atoms in total. The molecule has 3 aromatic rings. The number of aromatic nitrogens is 1. The molecule has 0 radical (unpaired) electrons. The average Bonchev–Trinajstić information content (AvgIpc) is 2.64. The number of rotatable bonds is 5. The van der Waals surface area contributed by atoms with Crippen LogP contribution in [-0.2, 0) is 10.0 Å². The van der Waals surface area contributed by atoms with Crippen molar-refractivity contribution < 1.29 is 13.2 Å². The summed E-state index contributed by atoms with van der Waals surface area (Å²) in [6.45, 7) is 3.61. The highest BCUT2D eigenvalue weighted by Crippen LogP contribution is 2.21. The van der Waals surface area contributed by atoms with Crippen LogP contribution in [0.25, 0.3) is 0 Å². The molecule has 3 rings (SSSR count). The number of amides is 1. The molecule has 0 bridgehead atoms. The quantitative estimate of drug-likeness (QED) is 0.704. The maximum Gasteiger partial charge on any atom is 0.262 e. The predicted octanol–water partition coefficient (Wildman–Crippen LogP) is 3.75. The minimum absolute atomic E-state index is 0.0525. The summed E-state index contributed by atoms with van der Waals surface area (Å²) in [5.74, 6) is -0.0363. The van der Waals surface area contributed by atoms with Crippen molar-refractivity contribution in [1.82, 2.24) is 4.98 Å². The van der Waals surface area contributed by atoms with E-state index in [9.17, 15) is 13.2 Å². The lowest BCUT2D eigenvalue weighted by Gasteiger charge is -2.12. The lowest BCUT2D eigenvalue weighted by molar-refractivity contribution is 0.102. The molecule has 0 aliphatic rings. The number of hydrogen-bond donors (Lipinski definition) is 2. The van der Waals surface area contributed by atoms with E-state index in [2.05, 4.69) is 15.0 Å². The molecule has 0 fully saturated rings. The number of hydrogen-bond acceptors (Lipinski definition) is 4. The highest BCUT2D eigenvalue weighted by Gasteiger charge is 2.19. The summed E-state index contributed by atoms with van der Waals surface area (Å²) in [6.07, 6.45) is 1.56. The largest absolute Gasteiger partial charge is 0.307 e. The first-order chi connectivity index (χ1) is 12.8. The first-order valence-corrected chi connectivity index (χ1v) is 9.76. The number of benzene rings is 2. The van der Waals surface area contributed by atoms with E-state index in [0.29, 0.717) is 17.1 Å². The van der Waals surface area contributed by atoms with Crippen LogP contribution in [0.4, 0.5) is 11.5 Å². The molecule has 0 aliphatic heterocycles. The summed E-state index contributed by atoms with van der Waals surface area (Å²) in [7, 11) is -3.83. The Kier molecular flexibility index (Phi) is 5.23. The number of carbonyl (C=O) groups excluding carboxylic acids is 1. The van der Waals surface area contributed by atoms with Gasteiger partial charge >= 0.3 is 0 Å². The van der Waals surface area contributed by atoms with Gasteiger partial charge in [0.1, 0.15) is 5.82 Å². The van der Waals surface area contributed by atoms with E-state index >= 15 is 0 Å². The second-order valence-electron chi connectivity index (χ2n) is 6.12. The van der Waals surface area contributed by atoms with Crippen LogP contribution in [0.5, 0.6) is 0 Å². The van der Waals surface area contributed by atoms with Crippen LogP contribution >= 0.6 is 0 Å². The average molecular weight is 381 g/mol. The topological polar surface area (TPSA) is 88.2 Å². The van der Waals surface area contributed by atoms with Gasteiger partial charge in [-0.05, 0) is 55.8 Å². The Morgan fingerprint density at radius 1 is 0.963 bits per heavy atom. The molecule has 7 heteroatoms. The van der Waals surface area contributed by atoms with Gasteiger partial charge in [-0.2, -0.15) is 0 Å². The van der Waals surface area contributed by atoms with Gasteiger partial charge in [-0.1, -0.05) is 29.8 Å². The second-order valence-corrected chi connectivity index (χ2v) is 7.77. The lowest BCUT2D eigenvalue weighted by atomic mass is 10.1. The number of nitrogens with one attached hydrogen (secondary N) is 2. The van der Waals surface area contributed by atoms with Gasteiger partial charge in [0.15, 0.2) is 0 Å². The van der Waals surface area contributed by atoms with Crippen LogP contribution in [0.1, 0.15) is 21.5 Å². The van der Waals surface area contributed by atoms with Crippen molar-refractivity contribution >= 4 is 27.4 Å². The number of pyridine rings is 1. The maximum absolute atomic E-state index is 12.8. The molecule has 0 saturated heterocycles. The molecular formula is C20H19N3O3S. The van der Waals surface area contributed by atoms with E-state index in [4.69, 9.17) is 0 Å². The number of carbonyl (C=O) groups is 1. The fraction of sp³-hybridized carbons (Fsp3) is 0.100. The predicted molar refractivity (Wildman–Crippen MR) is 105 cm³/mol. The van der Waals surface area contributed by atoms with Crippen molar-refractivity contribution in [2.45, 2.75) is 18.7 Å². The third kappa shape index (κ3) is 4.51. The third-order valence-electron chi connectivity index (χ3n) is 3.95. The zero-order valence-electron chi connectivity index (χ0n) is 14.9. The van der Waals surface area contributed by atoms with E-state index in [0.717, 1.165) is 5.56 Å². The van der Waals surface area contributed by atoms with E-state index in [1.54, 1.807) is 55.6 Å². The van der Waals surface area contributed by atoms with E-state index in [1.165, 1.54) is 6.07 Å². The number of nitrogens with zero attached hydrogens (tertiary/aromatic N) is 1. The molecule has 0 aliphatic carbocycles. The van der Waals surface area contributed by atoms with Crippen molar-refractivity contribution in [3.63, 3.8) is 0 Å². The smallest absolute Gasteiger partial charge is 0.262 e. The Labute approximate surface area is 158 Å². The number of aryl methyl sites for hydroxylation is 2. The molecule has 0 saturated carbocycles. The Morgan fingerprint density at radius 3 is 2.37 bits per heavy atom. The normalized spacial score (nSPS) is 11.0. The van der Waals surface area contributed by atoms with Crippen molar-refractivity contribution in [2.24, 2.45) is 0 Å². The minimum Gasteiger partial charge on any atom is -0.307 e. The standard InChI is InChI=1S/C20H19N3O3S/c1-14-6-10-17(11-7-14)23-27(25,26)18-13-16(9-8-15(18)2)20(24)22-19-5-3-4-12-21-19/h3-13,23H,1-2H3,(H,21,22,24). The monoisotopic (exact) mass is 381 g/mol. The molecule has 2 aromatic carbocycles. The minimum atomic E-state index is -3.83. The highest BCUT2D eigenvalue weighted by molar-refractivity contribution is 7.92. The summed E-state index contributed by atoms with van der Waals surface area (Å²) in [4.78, 5) is 16.5. The van der Waals surface area contributed by atoms with E-state index in [1.807, 2.05) is 19.1 Å². The Balaban J connectivity index is 1.88. The fourth-order valence-corrected chi connectivity index (χ4v) is 3.82. The van der Waals surface area contributed by atoms with E-state index < -0.39 is 15.9 Å². The van der Waals surface area contributed by atoms with Gasteiger partial charge in [0.25, 0.3) is 15.9 Å². The zero-order chi connectivity index (χ0) is 19.4. The molecule has 1 aromatic heterocycles. The van der Waals surface area contributed by atoms with Gasteiger partial charge in [-0.25, -0.2) is 13.4 Å². The molecule has 27 heavy (non-hydrogen) atoms. The summed E-state index contributed by atoms with van der Waals surface area (Å²) < 4.78 is 28.1. The van der Waals surface area contributed by atoms with Crippen LogP contribution < -0.4 is 10.0 Å². The van der Waals surface area contributed by atoms with Crippen LogP contribution in [0.3, 0.4) is 0 Å². The van der Waals surface area contributed by atoms with Crippen molar-refractivity contribution in [1.29, 1.82) is 0 Å². The van der Waals surface area contributed by atoms with Gasteiger partial charge in [0, 0.05) is 17.4 Å². The summed E-state index contributed by atoms with van der Waals surface area (Å²) in [6, 6.07) is 16.7.